The number of carbonyl (C=O) groups is 2. The van der Waals surface area contributed by atoms with E-state index in [4.69, 9.17) is 5.73 Å². The summed E-state index contributed by atoms with van der Waals surface area (Å²) in [6.07, 6.45) is 2.72. The number of primary amides is 1. The molecule has 6 nitrogen and oxygen atoms in total. The predicted molar refractivity (Wildman–Crippen MR) is 89.1 cm³/mol. The minimum atomic E-state index is -0.590. The fraction of sp³-hybridized carbons (Fsp3) is 0.467. The molecule has 1 saturated heterocycles. The third kappa shape index (κ3) is 5.54. The van der Waals surface area contributed by atoms with E-state index in [-0.39, 0.29) is 24.4 Å². The van der Waals surface area contributed by atoms with E-state index in [9.17, 15) is 9.59 Å². The summed E-state index contributed by atoms with van der Waals surface area (Å²) in [7, 11) is 0. The first kappa shape index (κ1) is 18.3. The van der Waals surface area contributed by atoms with Gasteiger partial charge in [0.1, 0.15) is 0 Å². The molecule has 0 radical (unpaired) electrons. The maximum Gasteiger partial charge on any atom is 0.316 e. The molecular weight excluding hydrogens is 304 g/mol. The van der Waals surface area contributed by atoms with Gasteiger partial charge in [0.05, 0.1) is 6.04 Å². The van der Waals surface area contributed by atoms with E-state index in [1.165, 1.54) is 0 Å². The largest absolute Gasteiger partial charge is 0.351 e. The summed E-state index contributed by atoms with van der Waals surface area (Å²) in [6.45, 7) is 2.94. The smallest absolute Gasteiger partial charge is 0.316 e. The molecule has 1 fully saturated rings. The monoisotopic (exact) mass is 326 g/mol. The molecule has 0 saturated carbocycles. The Labute approximate surface area is 136 Å². The van der Waals surface area contributed by atoms with Crippen LogP contribution >= 0.6 is 12.4 Å². The average Bonchev–Trinajstić information content (AvgIpc) is 2.91. The third-order valence-electron chi connectivity index (χ3n) is 3.65. The first-order valence-electron chi connectivity index (χ1n) is 7.24. The number of anilines is 1. The molecule has 1 aliphatic rings. The molecule has 0 aromatic heterocycles. The van der Waals surface area contributed by atoms with Gasteiger partial charge >= 0.3 is 6.03 Å². The molecule has 2 rings (SSSR count). The molecule has 22 heavy (non-hydrogen) atoms. The highest BCUT2D eigenvalue weighted by atomic mass is 35.5. The molecule has 1 aromatic rings. The first-order chi connectivity index (χ1) is 10.0. The van der Waals surface area contributed by atoms with Crippen molar-refractivity contribution >= 4 is 30.0 Å². The van der Waals surface area contributed by atoms with Crippen LogP contribution in [-0.4, -0.2) is 24.5 Å². The number of hydrogen-bond acceptors (Lipinski definition) is 3. The zero-order valence-corrected chi connectivity index (χ0v) is 13.4. The summed E-state index contributed by atoms with van der Waals surface area (Å²) >= 11 is 0. The van der Waals surface area contributed by atoms with Crippen LogP contribution in [0.2, 0.25) is 0 Å². The van der Waals surface area contributed by atoms with Gasteiger partial charge in [-0.25, -0.2) is 4.79 Å². The highest BCUT2D eigenvalue weighted by Crippen LogP contribution is 2.17. The van der Waals surface area contributed by atoms with Gasteiger partial charge in [0.15, 0.2) is 0 Å². The fourth-order valence-electron chi connectivity index (χ4n) is 2.54. The molecule has 1 heterocycles. The van der Waals surface area contributed by atoms with Crippen LogP contribution in [0, 0.1) is 0 Å². The van der Waals surface area contributed by atoms with Crippen molar-refractivity contribution in [2.24, 2.45) is 5.73 Å². The Kier molecular flexibility index (Phi) is 7.14. The van der Waals surface area contributed by atoms with Gasteiger partial charge in [0.25, 0.3) is 0 Å². The van der Waals surface area contributed by atoms with Crippen molar-refractivity contribution in [1.29, 1.82) is 0 Å². The topological polar surface area (TPSA) is 96.2 Å². The Balaban J connectivity index is 0.00000242. The fourth-order valence-corrected chi connectivity index (χ4v) is 2.54. The normalized spacial score (nSPS) is 18.1. The van der Waals surface area contributed by atoms with Gasteiger partial charge in [0, 0.05) is 18.2 Å². The number of benzene rings is 1. The lowest BCUT2D eigenvalue weighted by Gasteiger charge is -2.17. The van der Waals surface area contributed by atoms with Crippen molar-refractivity contribution in [1.82, 2.24) is 10.6 Å². The lowest BCUT2D eigenvalue weighted by atomic mass is 10.1. The van der Waals surface area contributed by atoms with Crippen LogP contribution in [0.4, 0.5) is 10.5 Å². The van der Waals surface area contributed by atoms with Crippen molar-refractivity contribution in [3.8, 4) is 0 Å². The second-order valence-corrected chi connectivity index (χ2v) is 5.40. The van der Waals surface area contributed by atoms with Crippen LogP contribution in [0.15, 0.2) is 24.3 Å². The number of halogens is 1. The zero-order valence-electron chi connectivity index (χ0n) is 12.6. The number of carbonyl (C=O) groups excluding carboxylic acids is 2. The van der Waals surface area contributed by atoms with Crippen LogP contribution in [-0.2, 0) is 4.79 Å². The van der Waals surface area contributed by atoms with Gasteiger partial charge in [-0.2, -0.15) is 0 Å². The SMILES string of the molecule is CC(NC(=O)CC1CCCN1)c1ccc(NC(N)=O)cc1.Cl. The van der Waals surface area contributed by atoms with E-state index in [0.717, 1.165) is 24.9 Å². The summed E-state index contributed by atoms with van der Waals surface area (Å²) in [4.78, 5) is 22.7. The van der Waals surface area contributed by atoms with Crippen molar-refractivity contribution in [3.05, 3.63) is 29.8 Å². The van der Waals surface area contributed by atoms with E-state index in [1.807, 2.05) is 19.1 Å². The van der Waals surface area contributed by atoms with E-state index < -0.39 is 6.03 Å². The highest BCUT2D eigenvalue weighted by Gasteiger charge is 2.18. The average molecular weight is 327 g/mol. The lowest BCUT2D eigenvalue weighted by Crippen LogP contribution is -2.33. The number of hydrogen-bond donors (Lipinski definition) is 4. The maximum absolute atomic E-state index is 12.0. The molecular formula is C15H23ClN4O2. The molecule has 0 aliphatic carbocycles. The molecule has 1 aliphatic heterocycles. The van der Waals surface area contributed by atoms with E-state index in [2.05, 4.69) is 16.0 Å². The molecule has 0 bridgehead atoms. The summed E-state index contributed by atoms with van der Waals surface area (Å²) < 4.78 is 0. The van der Waals surface area contributed by atoms with E-state index in [0.29, 0.717) is 18.2 Å². The van der Waals surface area contributed by atoms with Crippen LogP contribution in [0.1, 0.15) is 37.8 Å². The standard InChI is InChI=1S/C15H22N4O2.ClH/c1-10(18-14(20)9-13-3-2-8-17-13)11-4-6-12(7-5-11)19-15(16)21;/h4-7,10,13,17H,2-3,8-9H2,1H3,(H,18,20)(H3,16,19,21);1H. The summed E-state index contributed by atoms with van der Waals surface area (Å²) in [5.74, 6) is 0.0567. The van der Waals surface area contributed by atoms with Gasteiger partial charge < -0.3 is 21.7 Å². The van der Waals surface area contributed by atoms with Crippen LogP contribution in [0.25, 0.3) is 0 Å². The third-order valence-corrected chi connectivity index (χ3v) is 3.65. The minimum Gasteiger partial charge on any atom is -0.351 e. The Morgan fingerprint density at radius 2 is 2.05 bits per heavy atom. The molecule has 2 unspecified atom stereocenters. The molecule has 7 heteroatoms. The number of rotatable bonds is 5. The van der Waals surface area contributed by atoms with Gasteiger partial charge in [-0.05, 0) is 44.0 Å². The zero-order chi connectivity index (χ0) is 15.2. The Hall–Kier alpha value is -1.79. The molecule has 2 atom stereocenters. The van der Waals surface area contributed by atoms with Crippen molar-refractivity contribution in [2.45, 2.75) is 38.3 Å². The second-order valence-electron chi connectivity index (χ2n) is 5.40. The molecule has 0 spiro atoms. The molecule has 122 valence electrons. The van der Waals surface area contributed by atoms with Gasteiger partial charge in [-0.1, -0.05) is 12.1 Å². The maximum atomic E-state index is 12.0. The summed E-state index contributed by atoms with van der Waals surface area (Å²) in [5.41, 5.74) is 6.68. The Morgan fingerprint density at radius 1 is 1.36 bits per heavy atom. The lowest BCUT2D eigenvalue weighted by molar-refractivity contribution is -0.122. The summed E-state index contributed by atoms with van der Waals surface area (Å²) in [6, 6.07) is 6.91. The van der Waals surface area contributed by atoms with Crippen molar-refractivity contribution < 1.29 is 9.59 Å². The van der Waals surface area contributed by atoms with Gasteiger partial charge in [-0.3, -0.25) is 4.79 Å². The number of urea groups is 1. The Bertz CT molecular complexity index is 501. The van der Waals surface area contributed by atoms with E-state index in [1.54, 1.807) is 12.1 Å². The van der Waals surface area contributed by atoms with Crippen LogP contribution in [0.3, 0.4) is 0 Å². The highest BCUT2D eigenvalue weighted by molar-refractivity contribution is 5.87. The number of amides is 3. The van der Waals surface area contributed by atoms with Crippen LogP contribution < -0.4 is 21.7 Å². The van der Waals surface area contributed by atoms with E-state index >= 15 is 0 Å². The van der Waals surface area contributed by atoms with Gasteiger partial charge in [0.2, 0.25) is 5.91 Å². The molecule has 5 N–H and O–H groups in total. The quantitative estimate of drug-likeness (QED) is 0.665. The first-order valence-corrected chi connectivity index (χ1v) is 7.24. The second kappa shape index (κ2) is 8.60. The molecule has 1 aromatic carbocycles. The van der Waals surface area contributed by atoms with Crippen LogP contribution in [0.5, 0.6) is 0 Å². The minimum absolute atomic E-state index is 0. The number of nitrogens with two attached hydrogens (primary N) is 1. The predicted octanol–water partition coefficient (Wildman–Crippen LogP) is 1.92. The van der Waals surface area contributed by atoms with Crippen molar-refractivity contribution in [3.63, 3.8) is 0 Å². The Morgan fingerprint density at radius 3 is 2.59 bits per heavy atom. The van der Waals surface area contributed by atoms with Crippen molar-refractivity contribution in [2.75, 3.05) is 11.9 Å². The number of nitrogens with one attached hydrogen (secondary N) is 3. The van der Waals surface area contributed by atoms with Gasteiger partial charge in [-0.15, -0.1) is 12.4 Å². The summed E-state index contributed by atoms with van der Waals surface area (Å²) in [5, 5.41) is 8.81. The molecule has 3 amide bonds.